The van der Waals surface area contributed by atoms with Gasteiger partial charge in [-0.2, -0.15) is 0 Å². The van der Waals surface area contributed by atoms with Crippen LogP contribution in [-0.4, -0.2) is 29.0 Å². The van der Waals surface area contributed by atoms with Gasteiger partial charge in [0, 0.05) is 29.1 Å². The van der Waals surface area contributed by atoms with Crippen LogP contribution in [0.15, 0.2) is 67.0 Å². The topological polar surface area (TPSA) is 61.3 Å². The van der Waals surface area contributed by atoms with E-state index < -0.39 is 0 Å². The van der Waals surface area contributed by atoms with Crippen LogP contribution >= 0.6 is 0 Å². The molecule has 0 bridgehead atoms. The van der Waals surface area contributed by atoms with Gasteiger partial charge in [0.2, 0.25) is 0 Å². The quantitative estimate of drug-likeness (QED) is 0.532. The fraction of sp³-hybridized carbons (Fsp3) is 0.0952. The summed E-state index contributed by atoms with van der Waals surface area (Å²) in [4.78, 5) is 21.1. The standard InChI is InChI=1S/C21H16N2O3/c24-18(17-7-9-19-20(12-17)26-11-10-25-19)8-6-15-13-22-21(23-14-15)16-4-2-1-3-5-16/h1-9,12-14H,10-11H2/b8-6+. The van der Waals surface area contributed by atoms with E-state index in [9.17, 15) is 4.79 Å². The van der Waals surface area contributed by atoms with Gasteiger partial charge in [-0.15, -0.1) is 0 Å². The normalized spacial score (nSPS) is 12.9. The van der Waals surface area contributed by atoms with Gasteiger partial charge in [-0.25, -0.2) is 9.97 Å². The second kappa shape index (κ2) is 7.19. The van der Waals surface area contributed by atoms with Gasteiger partial charge in [-0.3, -0.25) is 4.79 Å². The van der Waals surface area contributed by atoms with Crippen molar-refractivity contribution in [3.05, 3.63) is 78.1 Å². The molecule has 26 heavy (non-hydrogen) atoms. The number of carbonyl (C=O) groups excluding carboxylic acids is 1. The molecule has 0 aliphatic carbocycles. The summed E-state index contributed by atoms with van der Waals surface area (Å²) in [6.45, 7) is 1.02. The minimum atomic E-state index is -0.117. The molecule has 5 heteroatoms. The van der Waals surface area contributed by atoms with Crippen LogP contribution in [0, 0.1) is 0 Å². The van der Waals surface area contributed by atoms with Crippen LogP contribution in [0.25, 0.3) is 17.5 Å². The first-order chi connectivity index (χ1) is 12.8. The predicted molar refractivity (Wildman–Crippen MR) is 98.3 cm³/mol. The smallest absolute Gasteiger partial charge is 0.185 e. The average molecular weight is 344 g/mol. The zero-order valence-corrected chi connectivity index (χ0v) is 14.0. The van der Waals surface area contributed by atoms with Gasteiger partial charge in [-0.05, 0) is 30.4 Å². The number of hydrogen-bond donors (Lipinski definition) is 0. The molecule has 0 radical (unpaired) electrons. The SMILES string of the molecule is O=C(/C=C/c1cnc(-c2ccccc2)nc1)c1ccc2c(c1)OCCO2. The second-order valence-corrected chi connectivity index (χ2v) is 5.76. The summed E-state index contributed by atoms with van der Waals surface area (Å²) in [7, 11) is 0. The fourth-order valence-electron chi connectivity index (χ4n) is 2.63. The van der Waals surface area contributed by atoms with E-state index >= 15 is 0 Å². The third-order valence-electron chi connectivity index (χ3n) is 3.96. The van der Waals surface area contributed by atoms with Gasteiger partial charge in [0.05, 0.1) is 0 Å². The summed E-state index contributed by atoms with van der Waals surface area (Å²) in [5.41, 5.74) is 2.26. The number of nitrogens with zero attached hydrogens (tertiary/aromatic N) is 2. The highest BCUT2D eigenvalue weighted by Gasteiger charge is 2.13. The van der Waals surface area contributed by atoms with E-state index in [4.69, 9.17) is 9.47 Å². The van der Waals surface area contributed by atoms with Crippen LogP contribution in [-0.2, 0) is 0 Å². The number of fused-ring (bicyclic) bond motifs is 1. The third kappa shape index (κ3) is 3.47. The Bertz CT molecular complexity index is 951. The second-order valence-electron chi connectivity index (χ2n) is 5.76. The Balaban J connectivity index is 1.48. The molecule has 2 heterocycles. The Morgan fingerprint density at radius 3 is 2.42 bits per heavy atom. The van der Waals surface area contributed by atoms with Crippen molar-refractivity contribution in [1.29, 1.82) is 0 Å². The minimum absolute atomic E-state index is 0.117. The van der Waals surface area contributed by atoms with Gasteiger partial charge < -0.3 is 9.47 Å². The molecule has 0 unspecified atom stereocenters. The van der Waals surface area contributed by atoms with Gasteiger partial charge in [0.25, 0.3) is 0 Å². The maximum Gasteiger partial charge on any atom is 0.185 e. The summed E-state index contributed by atoms with van der Waals surface area (Å²) >= 11 is 0. The molecule has 0 spiro atoms. The van der Waals surface area contributed by atoms with E-state index in [-0.39, 0.29) is 5.78 Å². The van der Waals surface area contributed by atoms with Crippen LogP contribution in [0.5, 0.6) is 11.5 Å². The molecule has 1 aromatic heterocycles. The van der Waals surface area contributed by atoms with E-state index in [1.807, 2.05) is 30.3 Å². The van der Waals surface area contributed by atoms with Crippen LogP contribution in [0.4, 0.5) is 0 Å². The molecule has 0 saturated carbocycles. The molecule has 4 rings (SSSR count). The molecule has 1 aliphatic heterocycles. The van der Waals surface area contributed by atoms with Crippen molar-refractivity contribution < 1.29 is 14.3 Å². The monoisotopic (exact) mass is 344 g/mol. The molecule has 1 aliphatic rings. The fourth-order valence-corrected chi connectivity index (χ4v) is 2.63. The lowest BCUT2D eigenvalue weighted by molar-refractivity contribution is 0.104. The number of ketones is 1. The van der Waals surface area contributed by atoms with Gasteiger partial charge in [0.15, 0.2) is 23.1 Å². The molecule has 2 aromatic carbocycles. The third-order valence-corrected chi connectivity index (χ3v) is 3.96. The zero-order valence-electron chi connectivity index (χ0n) is 14.0. The Labute approximate surface area is 151 Å². The van der Waals surface area contributed by atoms with E-state index in [2.05, 4.69) is 9.97 Å². The van der Waals surface area contributed by atoms with Crippen molar-refractivity contribution in [1.82, 2.24) is 9.97 Å². The molecule has 0 atom stereocenters. The molecule has 3 aromatic rings. The highest BCUT2D eigenvalue weighted by molar-refractivity contribution is 6.07. The van der Waals surface area contributed by atoms with Crippen LogP contribution in [0.2, 0.25) is 0 Å². The Morgan fingerprint density at radius 1 is 0.923 bits per heavy atom. The number of hydrogen-bond acceptors (Lipinski definition) is 5. The first-order valence-corrected chi connectivity index (χ1v) is 8.29. The van der Waals surface area contributed by atoms with Crippen LogP contribution < -0.4 is 9.47 Å². The lowest BCUT2D eigenvalue weighted by Crippen LogP contribution is -2.15. The first kappa shape index (κ1) is 16.0. The predicted octanol–water partition coefficient (Wildman–Crippen LogP) is 3.81. The molecule has 0 N–H and O–H groups in total. The number of carbonyl (C=O) groups is 1. The maximum atomic E-state index is 12.4. The molecule has 0 saturated heterocycles. The van der Waals surface area contributed by atoms with Crippen LogP contribution in [0.3, 0.4) is 0 Å². The van der Waals surface area contributed by atoms with Gasteiger partial charge in [-0.1, -0.05) is 30.3 Å². The summed E-state index contributed by atoms with van der Waals surface area (Å²) < 4.78 is 11.0. The number of benzene rings is 2. The number of allylic oxidation sites excluding steroid dienone is 1. The number of aromatic nitrogens is 2. The molecule has 0 fully saturated rings. The van der Waals surface area contributed by atoms with Crippen molar-refractivity contribution in [3.8, 4) is 22.9 Å². The zero-order chi connectivity index (χ0) is 17.8. The summed E-state index contributed by atoms with van der Waals surface area (Å²) in [6.07, 6.45) is 6.60. The van der Waals surface area contributed by atoms with E-state index in [0.717, 1.165) is 11.1 Å². The average Bonchev–Trinajstić information content (AvgIpc) is 2.72. The first-order valence-electron chi connectivity index (χ1n) is 8.29. The molecule has 5 nitrogen and oxygen atoms in total. The number of ether oxygens (including phenoxy) is 2. The van der Waals surface area contributed by atoms with Crippen molar-refractivity contribution >= 4 is 11.9 Å². The Hall–Kier alpha value is -3.47. The molecular weight excluding hydrogens is 328 g/mol. The van der Waals surface area contributed by atoms with E-state index in [0.29, 0.717) is 36.1 Å². The summed E-state index contributed by atoms with van der Waals surface area (Å²) in [6, 6.07) is 14.9. The maximum absolute atomic E-state index is 12.4. The van der Waals surface area contributed by atoms with Gasteiger partial charge >= 0.3 is 0 Å². The molecule has 128 valence electrons. The van der Waals surface area contributed by atoms with Gasteiger partial charge in [0.1, 0.15) is 13.2 Å². The largest absolute Gasteiger partial charge is 0.486 e. The molecule has 0 amide bonds. The van der Waals surface area contributed by atoms with Crippen molar-refractivity contribution in [2.45, 2.75) is 0 Å². The Kier molecular flexibility index (Phi) is 4.43. The minimum Gasteiger partial charge on any atom is -0.486 e. The lowest BCUT2D eigenvalue weighted by Gasteiger charge is -2.18. The van der Waals surface area contributed by atoms with Crippen molar-refractivity contribution in [2.24, 2.45) is 0 Å². The van der Waals surface area contributed by atoms with Crippen molar-refractivity contribution in [3.63, 3.8) is 0 Å². The highest BCUT2D eigenvalue weighted by atomic mass is 16.6. The highest BCUT2D eigenvalue weighted by Crippen LogP contribution is 2.31. The lowest BCUT2D eigenvalue weighted by atomic mass is 10.1. The summed E-state index contributed by atoms with van der Waals surface area (Å²) in [5.74, 6) is 1.81. The molecular formula is C21H16N2O3. The van der Waals surface area contributed by atoms with E-state index in [1.54, 1.807) is 36.7 Å². The number of rotatable bonds is 4. The van der Waals surface area contributed by atoms with Crippen molar-refractivity contribution in [2.75, 3.05) is 13.2 Å². The van der Waals surface area contributed by atoms with Crippen LogP contribution in [0.1, 0.15) is 15.9 Å². The Morgan fingerprint density at radius 2 is 1.65 bits per heavy atom. The summed E-state index contributed by atoms with van der Waals surface area (Å²) in [5, 5.41) is 0. The van der Waals surface area contributed by atoms with E-state index in [1.165, 1.54) is 6.08 Å².